The molecule has 0 aliphatic carbocycles. The molecule has 1 rings (SSSR count). The molecule has 1 heterocycles. The first-order valence-corrected chi connectivity index (χ1v) is 7.60. The van der Waals surface area contributed by atoms with Crippen LogP contribution < -0.4 is 0 Å². The number of rotatable bonds is 5. The highest BCUT2D eigenvalue weighted by molar-refractivity contribution is 7.89. The van der Waals surface area contributed by atoms with Crippen LogP contribution in [-0.4, -0.2) is 55.7 Å². The second-order valence-corrected chi connectivity index (χ2v) is 7.00. The van der Waals surface area contributed by atoms with Gasteiger partial charge in [-0.1, -0.05) is 0 Å². The van der Waals surface area contributed by atoms with E-state index in [0.29, 0.717) is 0 Å². The number of carbonyl (C=O) groups is 2. The number of carboxylic acid groups (broad SMARTS) is 1. The molecule has 0 aromatic rings. The Labute approximate surface area is 112 Å². The Kier molecular flexibility index (Phi) is 4.92. The van der Waals surface area contributed by atoms with E-state index in [1.54, 1.807) is 6.92 Å². The van der Waals surface area contributed by atoms with Crippen LogP contribution in [0.1, 0.15) is 26.2 Å². The lowest BCUT2D eigenvalue weighted by Gasteiger charge is -2.35. The van der Waals surface area contributed by atoms with Crippen molar-refractivity contribution < 1.29 is 27.9 Å². The third kappa shape index (κ3) is 3.90. The molecule has 1 fully saturated rings. The van der Waals surface area contributed by atoms with Gasteiger partial charge in [-0.3, -0.25) is 9.59 Å². The first-order valence-electron chi connectivity index (χ1n) is 5.99. The monoisotopic (exact) mass is 293 g/mol. The van der Waals surface area contributed by atoms with E-state index < -0.39 is 27.4 Å². The summed E-state index contributed by atoms with van der Waals surface area (Å²) in [6.45, 7) is 1.96. The summed E-state index contributed by atoms with van der Waals surface area (Å²) in [4.78, 5) is 22.0. The van der Waals surface area contributed by atoms with Crippen molar-refractivity contribution in [1.29, 1.82) is 0 Å². The minimum atomic E-state index is -3.52. The van der Waals surface area contributed by atoms with Crippen molar-refractivity contribution in [3.63, 3.8) is 0 Å². The SMILES string of the molecule is COC(=O)CCS(=O)(=O)N1CCC(C)(C(=O)O)CC1. The molecule has 1 aliphatic rings. The maximum Gasteiger partial charge on any atom is 0.309 e. The van der Waals surface area contributed by atoms with Crippen molar-refractivity contribution >= 4 is 22.0 Å². The van der Waals surface area contributed by atoms with E-state index in [1.807, 2.05) is 0 Å². The number of sulfonamides is 1. The predicted molar refractivity (Wildman–Crippen MR) is 67.0 cm³/mol. The van der Waals surface area contributed by atoms with Crippen LogP contribution in [0.3, 0.4) is 0 Å². The van der Waals surface area contributed by atoms with Crippen molar-refractivity contribution in [3.8, 4) is 0 Å². The van der Waals surface area contributed by atoms with Gasteiger partial charge in [0.05, 0.1) is 24.7 Å². The smallest absolute Gasteiger partial charge is 0.309 e. The molecule has 1 saturated heterocycles. The van der Waals surface area contributed by atoms with Gasteiger partial charge in [-0.15, -0.1) is 0 Å². The molecule has 0 atom stereocenters. The van der Waals surface area contributed by atoms with E-state index in [9.17, 15) is 18.0 Å². The summed E-state index contributed by atoms with van der Waals surface area (Å²) < 4.78 is 29.6. The molecule has 8 heteroatoms. The van der Waals surface area contributed by atoms with Crippen LogP contribution in [0.15, 0.2) is 0 Å². The number of carboxylic acids is 1. The molecular formula is C11H19NO6S. The molecule has 0 bridgehead atoms. The predicted octanol–water partition coefficient (Wildman–Crippen LogP) is 0.0660. The average molecular weight is 293 g/mol. The highest BCUT2D eigenvalue weighted by Crippen LogP contribution is 2.32. The minimum Gasteiger partial charge on any atom is -0.481 e. The lowest BCUT2D eigenvalue weighted by atomic mass is 9.81. The quantitative estimate of drug-likeness (QED) is 0.720. The summed E-state index contributed by atoms with van der Waals surface area (Å²) in [5.41, 5.74) is -0.867. The molecule has 1 aliphatic heterocycles. The number of aliphatic carboxylic acids is 1. The minimum absolute atomic E-state index is 0.173. The first-order chi connectivity index (χ1) is 8.71. The Morgan fingerprint density at radius 3 is 2.26 bits per heavy atom. The number of carbonyl (C=O) groups excluding carboxylic acids is 1. The summed E-state index contributed by atoms with van der Waals surface area (Å²) in [6.07, 6.45) is 0.366. The Bertz CT molecular complexity index is 450. The van der Waals surface area contributed by atoms with Gasteiger partial charge in [0, 0.05) is 13.1 Å². The number of piperidine rings is 1. The van der Waals surface area contributed by atoms with Gasteiger partial charge < -0.3 is 9.84 Å². The van der Waals surface area contributed by atoms with Gasteiger partial charge in [0.25, 0.3) is 0 Å². The van der Waals surface area contributed by atoms with Crippen LogP contribution in [0.5, 0.6) is 0 Å². The Balaban J connectivity index is 2.59. The van der Waals surface area contributed by atoms with E-state index in [0.717, 1.165) is 0 Å². The third-order valence-electron chi connectivity index (χ3n) is 3.53. The average Bonchev–Trinajstić information content (AvgIpc) is 2.36. The van der Waals surface area contributed by atoms with Gasteiger partial charge >= 0.3 is 11.9 Å². The molecule has 7 nitrogen and oxygen atoms in total. The number of esters is 1. The second-order valence-electron chi connectivity index (χ2n) is 4.91. The molecule has 0 saturated carbocycles. The van der Waals surface area contributed by atoms with Crippen LogP contribution >= 0.6 is 0 Å². The van der Waals surface area contributed by atoms with Crippen LogP contribution in [-0.2, 0) is 24.3 Å². The number of methoxy groups -OCH3 is 1. The second kappa shape index (κ2) is 5.87. The Morgan fingerprint density at radius 2 is 1.84 bits per heavy atom. The van der Waals surface area contributed by atoms with Gasteiger partial charge in [0.2, 0.25) is 10.0 Å². The molecule has 110 valence electrons. The van der Waals surface area contributed by atoms with Gasteiger partial charge in [-0.25, -0.2) is 12.7 Å². The standard InChI is InChI=1S/C11H19NO6S/c1-11(10(14)15)4-6-12(7-5-11)19(16,17)8-3-9(13)18-2/h3-8H2,1-2H3,(H,14,15). The molecule has 0 spiro atoms. The summed E-state index contributed by atoms with van der Waals surface area (Å²) in [7, 11) is -2.32. The molecule has 19 heavy (non-hydrogen) atoms. The molecule has 1 N–H and O–H groups in total. The molecule has 0 amide bonds. The number of hydrogen-bond donors (Lipinski definition) is 1. The largest absolute Gasteiger partial charge is 0.481 e. The summed E-state index contributed by atoms with van der Waals surface area (Å²) in [6, 6.07) is 0. The molecule has 0 unspecified atom stereocenters. The van der Waals surface area contributed by atoms with E-state index in [1.165, 1.54) is 11.4 Å². The number of ether oxygens (including phenoxy) is 1. The van der Waals surface area contributed by atoms with E-state index in [-0.39, 0.29) is 38.1 Å². The van der Waals surface area contributed by atoms with Gasteiger partial charge in [0.1, 0.15) is 0 Å². The van der Waals surface area contributed by atoms with E-state index in [4.69, 9.17) is 5.11 Å². The number of nitrogens with zero attached hydrogens (tertiary/aromatic N) is 1. The van der Waals surface area contributed by atoms with Crippen molar-refractivity contribution in [2.45, 2.75) is 26.2 Å². The van der Waals surface area contributed by atoms with Crippen molar-refractivity contribution in [2.75, 3.05) is 26.0 Å². The van der Waals surface area contributed by atoms with Crippen LogP contribution in [0.25, 0.3) is 0 Å². The fraction of sp³-hybridized carbons (Fsp3) is 0.818. The lowest BCUT2D eigenvalue weighted by molar-refractivity contribution is -0.150. The molecule has 0 radical (unpaired) electrons. The molecule has 0 aromatic carbocycles. The molecule has 0 aromatic heterocycles. The molecular weight excluding hydrogens is 274 g/mol. The fourth-order valence-electron chi connectivity index (χ4n) is 1.92. The zero-order valence-electron chi connectivity index (χ0n) is 11.1. The van der Waals surface area contributed by atoms with Crippen LogP contribution in [0, 0.1) is 5.41 Å². The zero-order valence-corrected chi connectivity index (χ0v) is 11.9. The van der Waals surface area contributed by atoms with Crippen molar-refractivity contribution in [2.24, 2.45) is 5.41 Å². The van der Waals surface area contributed by atoms with Gasteiger partial charge in [-0.2, -0.15) is 0 Å². The van der Waals surface area contributed by atoms with Gasteiger partial charge in [-0.05, 0) is 19.8 Å². The lowest BCUT2D eigenvalue weighted by Crippen LogP contribution is -2.45. The topological polar surface area (TPSA) is 101 Å². The summed E-state index contributed by atoms with van der Waals surface area (Å²) in [5.74, 6) is -1.78. The first kappa shape index (κ1) is 15.9. The Morgan fingerprint density at radius 1 is 1.32 bits per heavy atom. The maximum absolute atomic E-state index is 12.0. The van der Waals surface area contributed by atoms with Crippen LogP contribution in [0.4, 0.5) is 0 Å². The van der Waals surface area contributed by atoms with E-state index in [2.05, 4.69) is 4.74 Å². The normalized spacial score (nSPS) is 19.9. The maximum atomic E-state index is 12.0. The van der Waals surface area contributed by atoms with Crippen LogP contribution in [0.2, 0.25) is 0 Å². The summed E-state index contributed by atoms with van der Waals surface area (Å²) >= 11 is 0. The highest BCUT2D eigenvalue weighted by atomic mass is 32.2. The highest BCUT2D eigenvalue weighted by Gasteiger charge is 2.39. The van der Waals surface area contributed by atoms with Crippen molar-refractivity contribution in [3.05, 3.63) is 0 Å². The van der Waals surface area contributed by atoms with Gasteiger partial charge in [0.15, 0.2) is 0 Å². The van der Waals surface area contributed by atoms with E-state index >= 15 is 0 Å². The fourth-order valence-corrected chi connectivity index (χ4v) is 3.34. The zero-order chi connectivity index (χ0) is 14.7. The Hall–Kier alpha value is -1.15. The number of hydrogen-bond acceptors (Lipinski definition) is 5. The van der Waals surface area contributed by atoms with Crippen molar-refractivity contribution in [1.82, 2.24) is 4.31 Å². The third-order valence-corrected chi connectivity index (χ3v) is 5.40. The summed E-state index contributed by atoms with van der Waals surface area (Å²) in [5, 5.41) is 9.07.